The third-order valence-electron chi connectivity index (χ3n) is 3.52. The Balaban J connectivity index is 1.87. The maximum absolute atomic E-state index is 10.8. The lowest BCUT2D eigenvalue weighted by atomic mass is 9.91. The van der Waals surface area contributed by atoms with Crippen molar-refractivity contribution in [1.29, 1.82) is 0 Å². The second-order valence-corrected chi connectivity index (χ2v) is 5.44. The summed E-state index contributed by atoms with van der Waals surface area (Å²) in [6.07, 6.45) is 0. The first-order chi connectivity index (χ1) is 9.54. The number of aromatic nitrogens is 1. The topological polar surface area (TPSA) is 66.6 Å². The Morgan fingerprint density at radius 1 is 1.45 bits per heavy atom. The van der Waals surface area contributed by atoms with Crippen molar-refractivity contribution in [2.45, 2.75) is 5.92 Å². The highest BCUT2D eigenvalue weighted by Crippen LogP contribution is 2.33. The van der Waals surface area contributed by atoms with Crippen LogP contribution in [0.4, 0.5) is 0 Å². The molecule has 0 aliphatic carbocycles. The van der Waals surface area contributed by atoms with Crippen LogP contribution in [-0.2, 0) is 0 Å². The lowest BCUT2D eigenvalue weighted by molar-refractivity contribution is 0.0652. The van der Waals surface area contributed by atoms with Crippen molar-refractivity contribution in [3.05, 3.63) is 40.6 Å². The molecule has 1 fully saturated rings. The van der Waals surface area contributed by atoms with E-state index in [-0.39, 0.29) is 5.76 Å². The Kier molecular flexibility index (Phi) is 3.23. The van der Waals surface area contributed by atoms with E-state index >= 15 is 0 Å². The van der Waals surface area contributed by atoms with Crippen molar-refractivity contribution in [3.63, 3.8) is 0 Å². The third-order valence-corrected chi connectivity index (χ3v) is 3.85. The summed E-state index contributed by atoms with van der Waals surface area (Å²) < 4.78 is 4.75. The molecule has 1 saturated heterocycles. The molecule has 1 aromatic carbocycles. The van der Waals surface area contributed by atoms with E-state index in [0.717, 1.165) is 24.2 Å². The Morgan fingerprint density at radius 2 is 2.20 bits per heavy atom. The summed E-state index contributed by atoms with van der Waals surface area (Å²) in [5.41, 5.74) is 2.35. The summed E-state index contributed by atoms with van der Waals surface area (Å²) in [4.78, 5) is 13.0. The number of hydrogen-bond acceptors (Lipinski definition) is 4. The number of halogens is 1. The molecule has 0 amide bonds. The number of carboxylic acids is 1. The van der Waals surface area contributed by atoms with Crippen LogP contribution in [0.15, 0.2) is 28.8 Å². The van der Waals surface area contributed by atoms with Crippen molar-refractivity contribution in [2.24, 2.45) is 0 Å². The van der Waals surface area contributed by atoms with E-state index in [9.17, 15) is 4.79 Å². The van der Waals surface area contributed by atoms with E-state index in [1.807, 2.05) is 12.1 Å². The Morgan fingerprint density at radius 3 is 2.75 bits per heavy atom. The number of carboxylic acid groups (broad SMARTS) is 1. The second-order valence-electron chi connectivity index (χ2n) is 5.04. The average Bonchev–Trinajstić information content (AvgIpc) is 2.85. The minimum atomic E-state index is -1.14. The number of aromatic carboxylic acids is 1. The molecule has 0 bridgehead atoms. The first-order valence-electron chi connectivity index (χ1n) is 6.23. The molecule has 104 valence electrons. The van der Waals surface area contributed by atoms with Gasteiger partial charge >= 0.3 is 5.97 Å². The molecule has 0 radical (unpaired) electrons. The molecule has 0 spiro atoms. The molecule has 1 aliphatic heterocycles. The smallest absolute Gasteiger partial charge is 0.374 e. The molecule has 20 heavy (non-hydrogen) atoms. The Bertz CT molecular complexity index is 662. The number of rotatable bonds is 3. The number of hydrogen-bond donors (Lipinski definition) is 1. The molecular formula is C14H13ClN2O3. The van der Waals surface area contributed by atoms with E-state index in [4.69, 9.17) is 21.2 Å². The fourth-order valence-electron chi connectivity index (χ4n) is 2.43. The van der Waals surface area contributed by atoms with Gasteiger partial charge in [-0.2, -0.15) is 0 Å². The highest BCUT2D eigenvalue weighted by atomic mass is 35.5. The Hall–Kier alpha value is -1.85. The Labute approximate surface area is 120 Å². The molecule has 2 heterocycles. The lowest BCUT2D eigenvalue weighted by Gasteiger charge is -2.37. The molecule has 6 heteroatoms. The maximum atomic E-state index is 10.8. The van der Waals surface area contributed by atoms with Gasteiger partial charge in [-0.1, -0.05) is 28.9 Å². The van der Waals surface area contributed by atoms with Gasteiger partial charge in [-0.15, -0.1) is 0 Å². The van der Waals surface area contributed by atoms with Crippen LogP contribution >= 0.6 is 11.6 Å². The highest BCUT2D eigenvalue weighted by Gasteiger charge is 2.26. The zero-order valence-electron chi connectivity index (χ0n) is 10.8. The molecule has 0 saturated carbocycles. The molecule has 1 N–H and O–H groups in total. The van der Waals surface area contributed by atoms with Crippen molar-refractivity contribution in [2.75, 3.05) is 20.1 Å². The molecule has 2 aromatic rings. The van der Waals surface area contributed by atoms with Crippen molar-refractivity contribution in [1.82, 2.24) is 10.1 Å². The van der Waals surface area contributed by atoms with E-state index in [1.165, 1.54) is 6.07 Å². The summed E-state index contributed by atoms with van der Waals surface area (Å²) in [5.74, 6) is -0.849. The fourth-order valence-corrected chi connectivity index (χ4v) is 2.76. The van der Waals surface area contributed by atoms with Gasteiger partial charge in [-0.3, -0.25) is 0 Å². The summed E-state index contributed by atoms with van der Waals surface area (Å²) in [5, 5.41) is 13.2. The van der Waals surface area contributed by atoms with Gasteiger partial charge in [0.05, 0.1) is 0 Å². The van der Waals surface area contributed by atoms with E-state index < -0.39 is 5.97 Å². The predicted octanol–water partition coefficient (Wildman–Crippen LogP) is 2.72. The van der Waals surface area contributed by atoms with Crippen LogP contribution < -0.4 is 0 Å². The molecule has 1 aromatic heterocycles. The molecule has 3 rings (SSSR count). The van der Waals surface area contributed by atoms with Gasteiger partial charge in [0.15, 0.2) is 0 Å². The number of benzene rings is 1. The standard InChI is InChI=1S/C14H13ClN2O3/c1-17-6-9(7-17)10-3-2-8(4-11(10)15)12-5-13(14(18)19)20-16-12/h2-5,9H,6-7H2,1H3,(H,18,19). The van der Waals surface area contributed by atoms with Crippen LogP contribution in [0.2, 0.25) is 5.02 Å². The largest absolute Gasteiger partial charge is 0.475 e. The average molecular weight is 293 g/mol. The van der Waals surface area contributed by atoms with Gasteiger partial charge in [-0.05, 0) is 18.7 Å². The van der Waals surface area contributed by atoms with E-state index in [2.05, 4.69) is 17.1 Å². The van der Waals surface area contributed by atoms with Crippen molar-refractivity contribution >= 4 is 17.6 Å². The normalized spacial score (nSPS) is 16.1. The number of carbonyl (C=O) groups is 1. The molecular weight excluding hydrogens is 280 g/mol. The molecule has 5 nitrogen and oxygen atoms in total. The molecule has 1 aliphatic rings. The van der Waals surface area contributed by atoms with Crippen LogP contribution in [0.5, 0.6) is 0 Å². The number of likely N-dealkylation sites (N-methyl/N-ethyl adjacent to an activating group) is 1. The summed E-state index contributed by atoms with van der Waals surface area (Å²) in [6.45, 7) is 2.01. The van der Waals surface area contributed by atoms with Crippen LogP contribution in [0.1, 0.15) is 22.0 Å². The first-order valence-corrected chi connectivity index (χ1v) is 6.61. The van der Waals surface area contributed by atoms with Gasteiger partial charge in [0, 0.05) is 35.7 Å². The van der Waals surface area contributed by atoms with E-state index in [1.54, 1.807) is 6.07 Å². The van der Waals surface area contributed by atoms with E-state index in [0.29, 0.717) is 16.6 Å². The number of nitrogens with zero attached hydrogens (tertiary/aromatic N) is 2. The van der Waals surface area contributed by atoms with Crippen LogP contribution in [0.3, 0.4) is 0 Å². The SMILES string of the molecule is CN1CC(c2ccc(-c3cc(C(=O)O)on3)cc2Cl)C1. The summed E-state index contributed by atoms with van der Waals surface area (Å²) in [7, 11) is 2.07. The lowest BCUT2D eigenvalue weighted by Crippen LogP contribution is -2.41. The van der Waals surface area contributed by atoms with Crippen molar-refractivity contribution < 1.29 is 14.4 Å². The van der Waals surface area contributed by atoms with Crippen molar-refractivity contribution in [3.8, 4) is 11.3 Å². The fraction of sp³-hybridized carbons (Fsp3) is 0.286. The zero-order valence-corrected chi connectivity index (χ0v) is 11.6. The summed E-state index contributed by atoms with van der Waals surface area (Å²) >= 11 is 6.31. The maximum Gasteiger partial charge on any atom is 0.374 e. The second kappa shape index (κ2) is 4.92. The zero-order chi connectivity index (χ0) is 14.3. The van der Waals surface area contributed by atoms with Gasteiger partial charge in [0.2, 0.25) is 5.76 Å². The van der Waals surface area contributed by atoms with Gasteiger partial charge in [0.25, 0.3) is 0 Å². The van der Waals surface area contributed by atoms with Crippen LogP contribution in [-0.4, -0.2) is 41.3 Å². The number of likely N-dealkylation sites (tertiary alicyclic amines) is 1. The first kappa shape index (κ1) is 13.1. The van der Waals surface area contributed by atoms with Crippen LogP contribution in [0.25, 0.3) is 11.3 Å². The predicted molar refractivity (Wildman–Crippen MR) is 74.1 cm³/mol. The molecule has 0 atom stereocenters. The van der Waals surface area contributed by atoms with Gasteiger partial charge in [-0.25, -0.2) is 4.79 Å². The monoisotopic (exact) mass is 292 g/mol. The quantitative estimate of drug-likeness (QED) is 0.942. The van der Waals surface area contributed by atoms with Gasteiger partial charge < -0.3 is 14.5 Å². The summed E-state index contributed by atoms with van der Waals surface area (Å²) in [6, 6.07) is 7.07. The third kappa shape index (κ3) is 2.30. The minimum absolute atomic E-state index is 0.180. The minimum Gasteiger partial charge on any atom is -0.475 e. The molecule has 0 unspecified atom stereocenters. The van der Waals surface area contributed by atoms with Gasteiger partial charge in [0.1, 0.15) is 5.69 Å². The van der Waals surface area contributed by atoms with Crippen LogP contribution in [0, 0.1) is 0 Å². The highest BCUT2D eigenvalue weighted by molar-refractivity contribution is 6.31.